The van der Waals surface area contributed by atoms with Crippen LogP contribution in [-0.2, 0) is 9.47 Å². The molecule has 0 radical (unpaired) electrons. The maximum Gasteiger partial charge on any atom is 2.00 e. The summed E-state index contributed by atoms with van der Waals surface area (Å²) in [7, 11) is 0. The summed E-state index contributed by atoms with van der Waals surface area (Å²) in [5.41, 5.74) is 0. The zero-order chi connectivity index (χ0) is 6.24. The van der Waals surface area contributed by atoms with Crippen LogP contribution in [0, 0.1) is 13.7 Å². The fourth-order valence-electron chi connectivity index (χ4n) is 0.370. The first-order valence-electron chi connectivity index (χ1n) is 2.76. The summed E-state index contributed by atoms with van der Waals surface area (Å²) < 4.78 is 9.44. The van der Waals surface area contributed by atoms with Gasteiger partial charge < -0.3 is 16.4 Å². The molecule has 58 valence electrons. The van der Waals surface area contributed by atoms with Gasteiger partial charge in [0.1, 0.15) is 0 Å². The molecule has 0 N–H and O–H groups in total. The minimum atomic E-state index is 0. The Hall–Kier alpha value is 1.17. The Morgan fingerprint density at radius 1 is 1.20 bits per heavy atom. The summed E-state index contributed by atoms with van der Waals surface area (Å²) >= 11 is 0. The van der Waals surface area contributed by atoms with E-state index in [4.69, 9.17) is 9.47 Å². The topological polar surface area (TPSA) is 18.5 Å². The minimum Gasteiger partial charge on any atom is -0.525 e. The molecule has 4 heteroatoms. The normalized spacial score (nSPS) is 15.0. The van der Waals surface area contributed by atoms with Gasteiger partial charge in [-0.2, -0.15) is 6.92 Å². The largest absolute Gasteiger partial charge is 2.00 e. The van der Waals surface area contributed by atoms with E-state index < -0.39 is 0 Å². The summed E-state index contributed by atoms with van der Waals surface area (Å²) in [6.45, 7) is 8.03. The Morgan fingerprint density at radius 2 is 1.60 bits per heavy atom. The molecule has 0 spiro atoms. The van der Waals surface area contributed by atoms with Gasteiger partial charge in [0.05, 0.1) is 0 Å². The van der Waals surface area contributed by atoms with Crippen LogP contribution in [0.2, 0.25) is 0 Å². The molecule has 0 bridgehead atoms. The van der Waals surface area contributed by atoms with Gasteiger partial charge in [-0.25, -0.2) is 0 Å². The minimum absolute atomic E-state index is 0. The Balaban J connectivity index is -0.000000114. The van der Waals surface area contributed by atoms with Gasteiger partial charge in [0, 0.05) is 13.2 Å². The van der Waals surface area contributed by atoms with Crippen molar-refractivity contribution in [1.82, 2.24) is 0 Å². The van der Waals surface area contributed by atoms with Crippen LogP contribution >= 0.6 is 17.0 Å². The molecule has 10 heavy (non-hydrogen) atoms. The monoisotopic (exact) mass is 220 g/mol. The molecule has 1 aliphatic rings. The number of halogens is 1. The van der Waals surface area contributed by atoms with Crippen molar-refractivity contribution in [3.05, 3.63) is 13.7 Å². The van der Waals surface area contributed by atoms with E-state index in [0.717, 1.165) is 19.6 Å². The molecule has 0 unspecified atom stereocenters. The molecular formula is C6H13BrMgO2. The van der Waals surface area contributed by atoms with Crippen molar-refractivity contribution < 1.29 is 9.47 Å². The summed E-state index contributed by atoms with van der Waals surface area (Å²) in [5, 5.41) is 0. The number of ether oxygens (including phenoxy) is 2. The third kappa shape index (κ3) is 11.9. The smallest absolute Gasteiger partial charge is 0.525 e. The average Bonchev–Trinajstić information content (AvgIpc) is 1.96. The number of hydrogen-bond donors (Lipinski definition) is 0. The van der Waals surface area contributed by atoms with E-state index >= 15 is 0 Å². The molecule has 0 saturated carbocycles. The van der Waals surface area contributed by atoms with Crippen molar-refractivity contribution in [3.8, 4) is 0 Å². The third-order valence-corrected chi connectivity index (χ3v) is 0.660. The maximum absolute atomic E-state index is 4.72. The van der Waals surface area contributed by atoms with Crippen molar-refractivity contribution in [3.63, 3.8) is 0 Å². The standard InChI is InChI=1S/C4H7O2.C2H5.BrH.Mg/c1-2-5-4-6-3-1;1-2;;/h4H,1-3H2;1H2,2H3;1H;/q2*-1;;+2. The molecule has 1 heterocycles. The Kier molecular flexibility index (Phi) is 28.8. The van der Waals surface area contributed by atoms with Crippen molar-refractivity contribution >= 4 is 40.0 Å². The van der Waals surface area contributed by atoms with Crippen LogP contribution in [0.1, 0.15) is 13.3 Å². The van der Waals surface area contributed by atoms with Gasteiger partial charge >= 0.3 is 23.1 Å². The van der Waals surface area contributed by atoms with Gasteiger partial charge in [-0.15, -0.1) is 17.0 Å². The van der Waals surface area contributed by atoms with Gasteiger partial charge in [0.15, 0.2) is 0 Å². The fourth-order valence-corrected chi connectivity index (χ4v) is 0.370. The van der Waals surface area contributed by atoms with Crippen molar-refractivity contribution in [2.24, 2.45) is 0 Å². The van der Waals surface area contributed by atoms with Crippen molar-refractivity contribution in [2.75, 3.05) is 13.2 Å². The second-order valence-electron chi connectivity index (χ2n) is 1.19. The second kappa shape index (κ2) is 16.6. The summed E-state index contributed by atoms with van der Waals surface area (Å²) in [6, 6.07) is 0. The summed E-state index contributed by atoms with van der Waals surface area (Å²) in [5.74, 6) is 0. The van der Waals surface area contributed by atoms with Gasteiger partial charge in [-0.1, -0.05) is 6.79 Å². The molecule has 0 amide bonds. The van der Waals surface area contributed by atoms with E-state index in [1.165, 1.54) is 6.79 Å². The average molecular weight is 221 g/mol. The molecule has 0 aromatic carbocycles. The van der Waals surface area contributed by atoms with Crippen LogP contribution in [0.15, 0.2) is 0 Å². The Morgan fingerprint density at radius 3 is 1.70 bits per heavy atom. The van der Waals surface area contributed by atoms with Crippen LogP contribution in [0.4, 0.5) is 0 Å². The molecular weight excluding hydrogens is 208 g/mol. The predicted octanol–water partition coefficient (Wildman–Crippen LogP) is 1.58. The van der Waals surface area contributed by atoms with E-state index in [0.29, 0.717) is 0 Å². The molecule has 2 nitrogen and oxygen atoms in total. The fraction of sp³-hybridized carbons (Fsp3) is 0.667. The molecule has 1 rings (SSSR count). The van der Waals surface area contributed by atoms with Crippen molar-refractivity contribution in [1.29, 1.82) is 0 Å². The van der Waals surface area contributed by atoms with Crippen LogP contribution in [0.3, 0.4) is 0 Å². The van der Waals surface area contributed by atoms with E-state index in [9.17, 15) is 0 Å². The number of hydrogen-bond acceptors (Lipinski definition) is 2. The van der Waals surface area contributed by atoms with Crippen LogP contribution in [0.25, 0.3) is 0 Å². The van der Waals surface area contributed by atoms with E-state index in [1.54, 1.807) is 6.92 Å². The van der Waals surface area contributed by atoms with E-state index in [1.807, 2.05) is 0 Å². The molecule has 0 aromatic rings. The summed E-state index contributed by atoms with van der Waals surface area (Å²) in [4.78, 5) is 0. The molecule has 0 aromatic heterocycles. The first-order chi connectivity index (χ1) is 4.00. The molecule has 0 aliphatic carbocycles. The second-order valence-corrected chi connectivity index (χ2v) is 1.19. The van der Waals surface area contributed by atoms with Crippen LogP contribution < -0.4 is 0 Å². The number of rotatable bonds is 0. The molecule has 1 saturated heterocycles. The molecule has 1 fully saturated rings. The molecule has 0 atom stereocenters. The van der Waals surface area contributed by atoms with Crippen LogP contribution in [0.5, 0.6) is 0 Å². The Labute approximate surface area is 89.6 Å². The zero-order valence-electron chi connectivity index (χ0n) is 6.34. The quantitative estimate of drug-likeness (QED) is 0.457. The van der Waals surface area contributed by atoms with Gasteiger partial charge in [-0.3, -0.25) is 0 Å². The van der Waals surface area contributed by atoms with Crippen molar-refractivity contribution in [2.45, 2.75) is 13.3 Å². The first kappa shape index (κ1) is 17.3. The Bertz CT molecular complexity index is 31.2. The predicted molar refractivity (Wildman–Crippen MR) is 47.9 cm³/mol. The SMILES string of the molecule is Br.[CH-]1OCCCO1.[CH2-]C.[Mg+2]. The van der Waals surface area contributed by atoms with Crippen LogP contribution in [-0.4, -0.2) is 36.3 Å². The van der Waals surface area contributed by atoms with Gasteiger partial charge in [0.2, 0.25) is 0 Å². The zero-order valence-corrected chi connectivity index (χ0v) is 9.46. The van der Waals surface area contributed by atoms with E-state index in [2.05, 4.69) is 6.92 Å². The van der Waals surface area contributed by atoms with E-state index in [-0.39, 0.29) is 40.0 Å². The third-order valence-electron chi connectivity index (χ3n) is 0.660. The van der Waals surface area contributed by atoms with Gasteiger partial charge in [-0.05, 0) is 6.42 Å². The molecule has 1 aliphatic heterocycles. The maximum atomic E-state index is 4.72. The first-order valence-corrected chi connectivity index (χ1v) is 2.76. The van der Waals surface area contributed by atoms with Gasteiger partial charge in [0.25, 0.3) is 0 Å². The summed E-state index contributed by atoms with van der Waals surface area (Å²) in [6.07, 6.45) is 1.02.